The van der Waals surface area contributed by atoms with E-state index in [1.807, 2.05) is 54.6 Å². The van der Waals surface area contributed by atoms with Crippen LogP contribution in [0.2, 0.25) is 0 Å². The smallest absolute Gasteiger partial charge is 0.133 e. The second-order valence-electron chi connectivity index (χ2n) is 13.4. The van der Waals surface area contributed by atoms with Gasteiger partial charge in [-0.1, -0.05) is 121 Å². The molecule has 0 radical (unpaired) electrons. The lowest BCUT2D eigenvalue weighted by molar-refractivity contribution is 0.607. The molecule has 0 atom stereocenters. The zero-order valence-electron chi connectivity index (χ0n) is 31.1. The molecule has 0 amide bonds. The highest BCUT2D eigenvalue weighted by Gasteiger charge is 2.04. The topological polar surface area (TPSA) is 87.5 Å². The van der Waals surface area contributed by atoms with Crippen molar-refractivity contribution >= 4 is 47.1 Å². The van der Waals surface area contributed by atoms with Crippen molar-refractivity contribution in [2.75, 3.05) is 10.6 Å². The predicted molar refractivity (Wildman–Crippen MR) is 221 cm³/mol. The molecule has 5 rings (SSSR count). The average Bonchev–Trinajstić information content (AvgIpc) is 3.17. The lowest BCUT2D eigenvalue weighted by Crippen LogP contribution is -2.01. The number of hydrogen-bond donors (Lipinski definition) is 2. The zero-order chi connectivity index (χ0) is 36.1. The van der Waals surface area contributed by atoms with Crippen molar-refractivity contribution in [3.8, 4) is 0 Å². The third-order valence-electron chi connectivity index (χ3n) is 9.01. The summed E-state index contributed by atoms with van der Waals surface area (Å²) in [6.45, 7) is 4.52. The number of benzene rings is 2. The third kappa shape index (κ3) is 13.9. The molecule has 5 aromatic rings. The van der Waals surface area contributed by atoms with Crippen LogP contribution < -0.4 is 10.6 Å². The number of aliphatic imine (C=N–C) groups is 2. The molecular weight excluding hydrogens is 639 g/mol. The molecule has 3 heterocycles. The van der Waals surface area contributed by atoms with Crippen LogP contribution in [0.5, 0.6) is 0 Å². The Hall–Kier alpha value is -5.17. The van der Waals surface area contributed by atoms with E-state index >= 15 is 0 Å². The molecule has 0 spiro atoms. The maximum absolute atomic E-state index is 4.74. The highest BCUT2D eigenvalue weighted by Crippen LogP contribution is 2.20. The molecule has 3 aromatic heterocycles. The Morgan fingerprint density at radius 2 is 0.788 bits per heavy atom. The number of nitrogens with zero attached hydrogens (tertiary/aromatic N) is 5. The second-order valence-corrected chi connectivity index (χ2v) is 13.4. The maximum atomic E-state index is 4.74. The fourth-order valence-electron chi connectivity index (χ4n) is 6.02. The Morgan fingerprint density at radius 1 is 0.423 bits per heavy atom. The molecule has 7 heteroatoms. The number of hydrogen-bond acceptors (Lipinski definition) is 7. The van der Waals surface area contributed by atoms with Gasteiger partial charge in [0.25, 0.3) is 0 Å². The largest absolute Gasteiger partial charge is 0.325 e. The van der Waals surface area contributed by atoms with E-state index in [9.17, 15) is 0 Å². The number of anilines is 4. The summed E-state index contributed by atoms with van der Waals surface area (Å²) in [4.78, 5) is 23.5. The lowest BCUT2D eigenvalue weighted by atomic mass is 10.0. The van der Waals surface area contributed by atoms with E-state index in [4.69, 9.17) is 15.0 Å². The van der Waals surface area contributed by atoms with E-state index in [0.717, 1.165) is 35.6 Å². The summed E-state index contributed by atoms with van der Waals surface area (Å²) in [5.41, 5.74) is 6.11. The van der Waals surface area contributed by atoms with Crippen LogP contribution in [0.3, 0.4) is 0 Å². The van der Waals surface area contributed by atoms with Crippen molar-refractivity contribution in [1.29, 1.82) is 0 Å². The van der Waals surface area contributed by atoms with Gasteiger partial charge in [0.1, 0.15) is 23.3 Å². The molecular formula is C45H55N7. The van der Waals surface area contributed by atoms with Crippen LogP contribution >= 0.6 is 0 Å². The van der Waals surface area contributed by atoms with E-state index < -0.39 is 0 Å². The van der Waals surface area contributed by atoms with Crippen LogP contribution in [0.15, 0.2) is 113 Å². The summed E-state index contributed by atoms with van der Waals surface area (Å²) in [7, 11) is 0. The van der Waals surface area contributed by atoms with Crippen molar-refractivity contribution < 1.29 is 0 Å². The van der Waals surface area contributed by atoms with Crippen LogP contribution in [0.25, 0.3) is 0 Å². The van der Waals surface area contributed by atoms with E-state index in [2.05, 4.69) is 83.0 Å². The fourth-order valence-corrected chi connectivity index (χ4v) is 6.02. The monoisotopic (exact) mass is 693 g/mol. The molecule has 52 heavy (non-hydrogen) atoms. The normalized spacial score (nSPS) is 11.4. The summed E-state index contributed by atoms with van der Waals surface area (Å²) in [6.07, 6.45) is 21.6. The van der Waals surface area contributed by atoms with Gasteiger partial charge in [-0.15, -0.1) is 0 Å². The zero-order valence-corrected chi connectivity index (χ0v) is 31.1. The van der Waals surface area contributed by atoms with Crippen LogP contribution in [0, 0.1) is 0 Å². The van der Waals surface area contributed by atoms with Crippen molar-refractivity contribution in [2.45, 2.75) is 104 Å². The number of aryl methyl sites for hydroxylation is 2. The van der Waals surface area contributed by atoms with Gasteiger partial charge < -0.3 is 10.6 Å². The van der Waals surface area contributed by atoms with Gasteiger partial charge in [0.05, 0.1) is 35.2 Å². The molecule has 0 bridgehead atoms. The standard InChI is InChI=1S/C45H55N7/c1-3-5-7-9-11-13-18-36-26-30-38(31-27-36)46-34-40-20-15-22-42(48-40)50-44-24-17-25-45(52-44)51-43-23-16-21-41(49-43)35-47-39-32-28-37(29-33-39)19-14-12-10-8-6-4-2/h15-17,20-35H,3-14,18-19H2,1-2H3,(H2,48,49,50,51,52). The Bertz CT molecular complexity index is 1680. The SMILES string of the molecule is CCCCCCCCc1ccc(N=Cc2cccc(Nc3cccc(Nc4cccc(C=Nc5ccc(CCCCCCCC)cc5)n4)n3)n2)cc1. The van der Waals surface area contributed by atoms with Crippen LogP contribution in [-0.4, -0.2) is 27.4 Å². The van der Waals surface area contributed by atoms with E-state index in [1.165, 1.54) is 88.2 Å². The van der Waals surface area contributed by atoms with Gasteiger partial charge in [0.2, 0.25) is 0 Å². The van der Waals surface area contributed by atoms with Gasteiger partial charge in [-0.05, 0) is 97.5 Å². The van der Waals surface area contributed by atoms with Gasteiger partial charge in [0, 0.05) is 0 Å². The van der Waals surface area contributed by atoms with E-state index in [1.54, 1.807) is 12.4 Å². The molecule has 0 aliphatic heterocycles. The van der Waals surface area contributed by atoms with Crippen LogP contribution in [0.1, 0.15) is 113 Å². The van der Waals surface area contributed by atoms with Crippen LogP contribution in [0.4, 0.5) is 34.6 Å². The summed E-state index contributed by atoms with van der Waals surface area (Å²) in [6, 6.07) is 34.5. The molecule has 2 aromatic carbocycles. The Labute approximate surface area is 311 Å². The lowest BCUT2D eigenvalue weighted by Gasteiger charge is -2.09. The molecule has 0 aliphatic rings. The van der Waals surface area contributed by atoms with Crippen molar-refractivity contribution in [2.24, 2.45) is 9.98 Å². The van der Waals surface area contributed by atoms with Gasteiger partial charge in [-0.2, -0.15) is 0 Å². The molecule has 0 unspecified atom stereocenters. The summed E-state index contributed by atoms with van der Waals surface area (Å²) in [5, 5.41) is 6.64. The number of nitrogens with one attached hydrogen (secondary N) is 2. The summed E-state index contributed by atoms with van der Waals surface area (Å²) < 4.78 is 0. The minimum absolute atomic E-state index is 0.671. The molecule has 0 saturated carbocycles. The van der Waals surface area contributed by atoms with E-state index in [-0.39, 0.29) is 0 Å². The molecule has 0 fully saturated rings. The maximum Gasteiger partial charge on any atom is 0.133 e. The molecule has 0 aliphatic carbocycles. The number of aromatic nitrogens is 3. The Balaban J connectivity index is 1.10. The Morgan fingerprint density at radius 3 is 1.21 bits per heavy atom. The molecule has 0 saturated heterocycles. The second kappa shape index (κ2) is 21.9. The summed E-state index contributed by atoms with van der Waals surface area (Å²) in [5.74, 6) is 2.72. The van der Waals surface area contributed by atoms with Gasteiger partial charge >= 0.3 is 0 Å². The first kappa shape index (κ1) is 38.1. The first-order valence-corrected chi connectivity index (χ1v) is 19.4. The third-order valence-corrected chi connectivity index (χ3v) is 9.01. The van der Waals surface area contributed by atoms with Gasteiger partial charge in [0.15, 0.2) is 0 Å². The molecule has 270 valence electrons. The predicted octanol–water partition coefficient (Wildman–Crippen LogP) is 12.7. The number of pyridine rings is 3. The van der Waals surface area contributed by atoms with Crippen molar-refractivity contribution in [3.05, 3.63) is 126 Å². The Kier molecular flexibility index (Phi) is 16.0. The van der Waals surface area contributed by atoms with Crippen LogP contribution in [-0.2, 0) is 12.8 Å². The van der Waals surface area contributed by atoms with Gasteiger partial charge in [-0.3, -0.25) is 9.98 Å². The highest BCUT2D eigenvalue weighted by molar-refractivity contribution is 5.81. The van der Waals surface area contributed by atoms with Crippen molar-refractivity contribution in [3.63, 3.8) is 0 Å². The molecule has 2 N–H and O–H groups in total. The first-order chi connectivity index (χ1) is 25.7. The first-order valence-electron chi connectivity index (χ1n) is 19.4. The fraction of sp³-hybridized carbons (Fsp3) is 0.356. The van der Waals surface area contributed by atoms with E-state index in [0.29, 0.717) is 23.3 Å². The molecule has 7 nitrogen and oxygen atoms in total. The minimum Gasteiger partial charge on any atom is -0.325 e. The summed E-state index contributed by atoms with van der Waals surface area (Å²) >= 11 is 0. The average molecular weight is 694 g/mol. The highest BCUT2D eigenvalue weighted by atomic mass is 15.1. The van der Waals surface area contributed by atoms with Crippen molar-refractivity contribution in [1.82, 2.24) is 15.0 Å². The quantitative estimate of drug-likeness (QED) is 0.0556. The number of rotatable bonds is 22. The van der Waals surface area contributed by atoms with Gasteiger partial charge in [-0.25, -0.2) is 15.0 Å². The number of unbranched alkanes of at least 4 members (excludes halogenated alkanes) is 10. The minimum atomic E-state index is 0.671.